The van der Waals surface area contributed by atoms with Gasteiger partial charge in [0, 0.05) is 6.54 Å². The van der Waals surface area contributed by atoms with Crippen molar-refractivity contribution in [2.45, 2.75) is 13.5 Å². The number of carbonyl (C=O) groups excluding carboxylic acids is 1. The Morgan fingerprint density at radius 3 is 2.81 bits per heavy atom. The number of hydrogen-bond acceptors (Lipinski definition) is 4. The van der Waals surface area contributed by atoms with Crippen LogP contribution in [0.2, 0.25) is 5.02 Å². The minimum absolute atomic E-state index is 0. The van der Waals surface area contributed by atoms with E-state index in [1.54, 1.807) is 6.92 Å². The van der Waals surface area contributed by atoms with Gasteiger partial charge in [0.1, 0.15) is 9.63 Å². The smallest absolute Gasteiger partial charge is 0.358 e. The van der Waals surface area contributed by atoms with E-state index in [1.807, 2.05) is 0 Å². The Balaban J connectivity index is 0.00000225. The van der Waals surface area contributed by atoms with Crippen LogP contribution in [0.1, 0.15) is 17.4 Å². The van der Waals surface area contributed by atoms with Gasteiger partial charge in [0.05, 0.1) is 13.2 Å². The average molecular weight is 333 g/mol. The number of esters is 1. The maximum Gasteiger partial charge on any atom is 0.358 e. The Kier molecular flexibility index (Phi) is 6.98. The summed E-state index contributed by atoms with van der Waals surface area (Å²) in [5.41, 5.74) is 5.62. The number of ether oxygens (including phenoxy) is 1. The Morgan fingerprint density at radius 2 is 2.31 bits per heavy atom. The van der Waals surface area contributed by atoms with Gasteiger partial charge in [-0.05, 0) is 22.9 Å². The molecule has 1 aromatic rings. The van der Waals surface area contributed by atoms with Gasteiger partial charge in [0.25, 0.3) is 0 Å². The maximum atomic E-state index is 11.5. The molecular formula is C8H12BrCl2N3O2. The van der Waals surface area contributed by atoms with E-state index in [-0.39, 0.29) is 23.1 Å². The van der Waals surface area contributed by atoms with Crippen LogP contribution in [-0.2, 0) is 11.3 Å². The van der Waals surface area contributed by atoms with Gasteiger partial charge in [-0.25, -0.2) is 4.79 Å². The molecule has 0 aromatic carbocycles. The van der Waals surface area contributed by atoms with Crippen LogP contribution in [0.15, 0.2) is 4.60 Å². The first kappa shape index (κ1) is 15.7. The molecule has 0 fully saturated rings. The molecule has 0 bridgehead atoms. The van der Waals surface area contributed by atoms with E-state index in [4.69, 9.17) is 22.1 Å². The fraction of sp³-hybridized carbons (Fsp3) is 0.500. The van der Waals surface area contributed by atoms with Crippen molar-refractivity contribution >= 4 is 45.9 Å². The zero-order valence-electron chi connectivity index (χ0n) is 8.57. The fourth-order valence-corrected chi connectivity index (χ4v) is 1.68. The number of nitrogens with zero attached hydrogens (tertiary/aromatic N) is 2. The third kappa shape index (κ3) is 3.35. The predicted molar refractivity (Wildman–Crippen MR) is 67.2 cm³/mol. The summed E-state index contributed by atoms with van der Waals surface area (Å²) in [6.45, 7) is 2.81. The second-order valence-corrected chi connectivity index (χ2v) is 3.81. The van der Waals surface area contributed by atoms with Crippen molar-refractivity contribution < 1.29 is 9.53 Å². The number of nitrogens with two attached hydrogens (primary N) is 1. The average Bonchev–Trinajstić information content (AvgIpc) is 2.44. The number of halogens is 3. The molecular weight excluding hydrogens is 321 g/mol. The molecule has 16 heavy (non-hydrogen) atoms. The van der Waals surface area contributed by atoms with Gasteiger partial charge in [0.2, 0.25) is 0 Å². The molecule has 2 N–H and O–H groups in total. The standard InChI is InChI=1S/C8H11BrClN3O2.ClH/c1-2-15-8(14)6-5(10)7(9)12-13(6)4-3-11;/h2-4,11H2,1H3;1H. The summed E-state index contributed by atoms with van der Waals surface area (Å²) in [4.78, 5) is 11.5. The monoisotopic (exact) mass is 331 g/mol. The lowest BCUT2D eigenvalue weighted by molar-refractivity contribution is 0.0512. The molecule has 1 rings (SSSR count). The molecule has 8 heteroatoms. The summed E-state index contributed by atoms with van der Waals surface area (Å²) in [7, 11) is 0. The second kappa shape index (κ2) is 7.11. The number of carbonyl (C=O) groups is 1. The summed E-state index contributed by atoms with van der Waals surface area (Å²) in [5, 5.41) is 4.28. The molecule has 0 amide bonds. The molecule has 1 aromatic heterocycles. The topological polar surface area (TPSA) is 70.1 Å². The molecule has 92 valence electrons. The third-order valence-electron chi connectivity index (χ3n) is 1.67. The zero-order valence-corrected chi connectivity index (χ0v) is 11.7. The molecule has 0 aliphatic heterocycles. The minimum atomic E-state index is -0.492. The van der Waals surface area contributed by atoms with E-state index in [9.17, 15) is 4.79 Å². The molecule has 0 saturated heterocycles. The van der Waals surface area contributed by atoms with Gasteiger partial charge in [-0.1, -0.05) is 11.6 Å². The predicted octanol–water partition coefficient (Wildman–Crippen LogP) is 1.86. The molecule has 0 atom stereocenters. The van der Waals surface area contributed by atoms with Crippen molar-refractivity contribution in [1.82, 2.24) is 9.78 Å². The van der Waals surface area contributed by atoms with Crippen LogP contribution in [0, 0.1) is 0 Å². The lowest BCUT2D eigenvalue weighted by atomic mass is 10.4. The maximum absolute atomic E-state index is 11.5. The molecule has 0 radical (unpaired) electrons. The van der Waals surface area contributed by atoms with E-state index in [1.165, 1.54) is 4.68 Å². The molecule has 1 heterocycles. The van der Waals surface area contributed by atoms with Crippen molar-refractivity contribution in [3.63, 3.8) is 0 Å². The lowest BCUT2D eigenvalue weighted by Gasteiger charge is -2.05. The zero-order chi connectivity index (χ0) is 11.4. The van der Waals surface area contributed by atoms with E-state index in [0.29, 0.717) is 24.3 Å². The van der Waals surface area contributed by atoms with E-state index >= 15 is 0 Å². The highest BCUT2D eigenvalue weighted by Gasteiger charge is 2.21. The van der Waals surface area contributed by atoms with Crippen molar-refractivity contribution in [2.24, 2.45) is 5.73 Å². The van der Waals surface area contributed by atoms with Crippen LogP contribution in [-0.4, -0.2) is 28.9 Å². The van der Waals surface area contributed by atoms with Crippen molar-refractivity contribution in [1.29, 1.82) is 0 Å². The fourth-order valence-electron chi connectivity index (χ4n) is 1.09. The summed E-state index contributed by atoms with van der Waals surface area (Å²) in [6, 6.07) is 0. The van der Waals surface area contributed by atoms with E-state index < -0.39 is 5.97 Å². The van der Waals surface area contributed by atoms with Crippen LogP contribution in [0.25, 0.3) is 0 Å². The van der Waals surface area contributed by atoms with Gasteiger partial charge < -0.3 is 10.5 Å². The van der Waals surface area contributed by atoms with Gasteiger partial charge in [-0.15, -0.1) is 12.4 Å². The quantitative estimate of drug-likeness (QED) is 0.854. The van der Waals surface area contributed by atoms with Crippen molar-refractivity contribution in [3.8, 4) is 0 Å². The van der Waals surface area contributed by atoms with Crippen molar-refractivity contribution in [3.05, 3.63) is 15.3 Å². The first-order chi connectivity index (χ1) is 7.11. The van der Waals surface area contributed by atoms with Gasteiger partial charge in [-0.2, -0.15) is 5.10 Å². The molecule has 0 aliphatic carbocycles. The SMILES string of the molecule is CCOC(=O)c1c(Cl)c(Br)nn1CCN.Cl. The Morgan fingerprint density at radius 1 is 1.69 bits per heavy atom. The third-order valence-corrected chi connectivity index (χ3v) is 2.81. The van der Waals surface area contributed by atoms with Gasteiger partial charge in [0.15, 0.2) is 5.69 Å². The largest absolute Gasteiger partial charge is 0.461 e. The van der Waals surface area contributed by atoms with Crippen LogP contribution in [0.5, 0.6) is 0 Å². The summed E-state index contributed by atoms with van der Waals surface area (Å²) >= 11 is 9.05. The van der Waals surface area contributed by atoms with Gasteiger partial charge in [-0.3, -0.25) is 4.68 Å². The minimum Gasteiger partial charge on any atom is -0.461 e. The first-order valence-corrected chi connectivity index (χ1v) is 5.57. The highest BCUT2D eigenvalue weighted by atomic mass is 79.9. The number of aromatic nitrogens is 2. The molecule has 5 nitrogen and oxygen atoms in total. The van der Waals surface area contributed by atoms with Crippen LogP contribution in [0.4, 0.5) is 0 Å². The molecule has 0 unspecified atom stereocenters. The van der Waals surface area contributed by atoms with Gasteiger partial charge >= 0.3 is 5.97 Å². The van der Waals surface area contributed by atoms with Crippen LogP contribution < -0.4 is 5.73 Å². The van der Waals surface area contributed by atoms with E-state index in [2.05, 4.69) is 21.0 Å². The normalized spacial score (nSPS) is 9.75. The lowest BCUT2D eigenvalue weighted by Crippen LogP contribution is -2.18. The summed E-state index contributed by atoms with van der Waals surface area (Å²) < 4.78 is 6.72. The summed E-state index contributed by atoms with van der Waals surface area (Å²) in [6.07, 6.45) is 0. The Hall–Kier alpha value is -0.300. The summed E-state index contributed by atoms with van der Waals surface area (Å²) in [5.74, 6) is -0.492. The highest BCUT2D eigenvalue weighted by molar-refractivity contribution is 9.10. The molecule has 0 spiro atoms. The number of rotatable bonds is 4. The highest BCUT2D eigenvalue weighted by Crippen LogP contribution is 2.26. The first-order valence-electron chi connectivity index (χ1n) is 4.40. The number of hydrogen-bond donors (Lipinski definition) is 1. The van der Waals surface area contributed by atoms with Crippen LogP contribution in [0.3, 0.4) is 0 Å². The Labute approximate surface area is 113 Å². The van der Waals surface area contributed by atoms with E-state index in [0.717, 1.165) is 0 Å². The van der Waals surface area contributed by atoms with Crippen LogP contribution >= 0.6 is 39.9 Å². The molecule has 0 aliphatic rings. The van der Waals surface area contributed by atoms with Crippen molar-refractivity contribution in [2.75, 3.05) is 13.2 Å². The molecule has 0 saturated carbocycles. The second-order valence-electron chi connectivity index (χ2n) is 2.69. The Bertz CT molecular complexity index is 370.